The van der Waals surface area contributed by atoms with Gasteiger partial charge in [0.2, 0.25) is 0 Å². The van der Waals surface area contributed by atoms with Crippen molar-refractivity contribution >= 4 is 17.6 Å². The van der Waals surface area contributed by atoms with Gasteiger partial charge in [0.15, 0.2) is 0 Å². The van der Waals surface area contributed by atoms with Crippen LogP contribution in [0.1, 0.15) is 30.1 Å². The SMILES string of the molecule is Cc1c(N)nc(C2CC2)nc1Sc1cccc(F)c1. The Bertz CT molecular complexity index is 626. The molecule has 0 spiro atoms. The molecule has 1 aromatic heterocycles. The standard InChI is InChI=1S/C14H14FN3S/c1-8-12(16)17-13(9-5-6-9)18-14(8)19-11-4-2-3-10(15)7-11/h2-4,7,9H,5-6H2,1H3,(H2,16,17,18). The number of hydrogen-bond donors (Lipinski definition) is 1. The lowest BCUT2D eigenvalue weighted by Crippen LogP contribution is -2.03. The highest BCUT2D eigenvalue weighted by atomic mass is 32.2. The minimum absolute atomic E-state index is 0.243. The summed E-state index contributed by atoms with van der Waals surface area (Å²) in [5.41, 5.74) is 6.79. The molecule has 1 aliphatic carbocycles. The van der Waals surface area contributed by atoms with Gasteiger partial charge in [-0.15, -0.1) is 0 Å². The van der Waals surface area contributed by atoms with Crippen molar-refractivity contribution in [2.45, 2.75) is 35.6 Å². The summed E-state index contributed by atoms with van der Waals surface area (Å²) in [5, 5.41) is 0.819. The van der Waals surface area contributed by atoms with E-state index in [1.54, 1.807) is 6.07 Å². The number of rotatable bonds is 3. The summed E-state index contributed by atoms with van der Waals surface area (Å²) in [5.74, 6) is 1.56. The van der Waals surface area contributed by atoms with Crippen molar-refractivity contribution in [3.63, 3.8) is 0 Å². The van der Waals surface area contributed by atoms with Crippen LogP contribution in [0.3, 0.4) is 0 Å². The van der Waals surface area contributed by atoms with Gasteiger partial charge in [0, 0.05) is 16.4 Å². The van der Waals surface area contributed by atoms with E-state index in [1.807, 2.05) is 13.0 Å². The Labute approximate surface area is 115 Å². The van der Waals surface area contributed by atoms with Crippen LogP contribution in [0.4, 0.5) is 10.2 Å². The van der Waals surface area contributed by atoms with Crippen molar-refractivity contribution in [1.29, 1.82) is 0 Å². The molecule has 98 valence electrons. The maximum Gasteiger partial charge on any atom is 0.135 e. The molecule has 2 aromatic rings. The summed E-state index contributed by atoms with van der Waals surface area (Å²) in [4.78, 5) is 9.73. The normalized spacial score (nSPS) is 14.6. The average molecular weight is 275 g/mol. The average Bonchev–Trinajstić information content (AvgIpc) is 3.19. The fraction of sp³-hybridized carbons (Fsp3) is 0.286. The maximum absolute atomic E-state index is 13.2. The highest BCUT2D eigenvalue weighted by Gasteiger charge is 2.28. The quantitative estimate of drug-likeness (QED) is 0.871. The Morgan fingerprint density at radius 2 is 2.11 bits per heavy atom. The summed E-state index contributed by atoms with van der Waals surface area (Å²) in [6.07, 6.45) is 2.26. The van der Waals surface area contributed by atoms with E-state index in [9.17, 15) is 4.39 Å². The number of nitrogen functional groups attached to an aromatic ring is 1. The second kappa shape index (κ2) is 4.81. The lowest BCUT2D eigenvalue weighted by molar-refractivity contribution is 0.624. The van der Waals surface area contributed by atoms with Gasteiger partial charge in [0.25, 0.3) is 0 Å². The van der Waals surface area contributed by atoms with Crippen LogP contribution in [0, 0.1) is 12.7 Å². The number of nitrogens with zero attached hydrogens (tertiary/aromatic N) is 2. The van der Waals surface area contributed by atoms with E-state index >= 15 is 0 Å². The number of benzene rings is 1. The van der Waals surface area contributed by atoms with Crippen LogP contribution in [-0.4, -0.2) is 9.97 Å². The van der Waals surface area contributed by atoms with Crippen LogP contribution >= 0.6 is 11.8 Å². The first-order valence-corrected chi connectivity index (χ1v) is 7.02. The topological polar surface area (TPSA) is 51.8 Å². The van der Waals surface area contributed by atoms with Crippen molar-refractivity contribution in [3.05, 3.63) is 41.5 Å². The van der Waals surface area contributed by atoms with Gasteiger partial charge >= 0.3 is 0 Å². The van der Waals surface area contributed by atoms with E-state index in [4.69, 9.17) is 5.73 Å². The van der Waals surface area contributed by atoms with Gasteiger partial charge in [-0.25, -0.2) is 14.4 Å². The van der Waals surface area contributed by atoms with Gasteiger partial charge in [0.05, 0.1) is 0 Å². The van der Waals surface area contributed by atoms with E-state index < -0.39 is 0 Å². The van der Waals surface area contributed by atoms with E-state index in [1.165, 1.54) is 23.9 Å². The summed E-state index contributed by atoms with van der Waals surface area (Å²) in [7, 11) is 0. The summed E-state index contributed by atoms with van der Waals surface area (Å²) >= 11 is 1.43. The molecule has 5 heteroatoms. The highest BCUT2D eigenvalue weighted by molar-refractivity contribution is 7.99. The molecule has 1 aromatic carbocycles. The third kappa shape index (κ3) is 2.71. The van der Waals surface area contributed by atoms with Crippen molar-refractivity contribution in [1.82, 2.24) is 9.97 Å². The molecule has 0 atom stereocenters. The van der Waals surface area contributed by atoms with Gasteiger partial charge in [-0.05, 0) is 38.0 Å². The Morgan fingerprint density at radius 3 is 2.79 bits per heavy atom. The van der Waals surface area contributed by atoms with Crippen LogP contribution < -0.4 is 5.73 Å². The minimum atomic E-state index is -0.243. The largest absolute Gasteiger partial charge is 0.383 e. The smallest absolute Gasteiger partial charge is 0.135 e. The predicted molar refractivity (Wildman–Crippen MR) is 73.7 cm³/mol. The summed E-state index contributed by atoms with van der Waals surface area (Å²) < 4.78 is 13.2. The van der Waals surface area contributed by atoms with Crippen LogP contribution in [0.25, 0.3) is 0 Å². The van der Waals surface area contributed by atoms with Crippen molar-refractivity contribution in [3.8, 4) is 0 Å². The summed E-state index contributed by atoms with van der Waals surface area (Å²) in [6, 6.07) is 6.49. The van der Waals surface area contributed by atoms with Crippen molar-refractivity contribution < 1.29 is 4.39 Å². The van der Waals surface area contributed by atoms with E-state index in [0.29, 0.717) is 11.7 Å². The monoisotopic (exact) mass is 275 g/mol. The summed E-state index contributed by atoms with van der Waals surface area (Å²) in [6.45, 7) is 1.90. The van der Waals surface area contributed by atoms with E-state index in [0.717, 1.165) is 34.2 Å². The molecule has 2 N–H and O–H groups in total. The van der Waals surface area contributed by atoms with Crippen LogP contribution in [0.5, 0.6) is 0 Å². The maximum atomic E-state index is 13.2. The fourth-order valence-electron chi connectivity index (χ4n) is 1.80. The first kappa shape index (κ1) is 12.4. The zero-order valence-corrected chi connectivity index (χ0v) is 11.4. The molecular formula is C14H14FN3S. The van der Waals surface area contributed by atoms with Gasteiger partial charge in [-0.3, -0.25) is 0 Å². The number of nitrogens with two attached hydrogens (primary N) is 1. The first-order valence-electron chi connectivity index (χ1n) is 6.21. The molecule has 0 amide bonds. The molecule has 0 bridgehead atoms. The van der Waals surface area contributed by atoms with Crippen LogP contribution in [0.15, 0.2) is 34.2 Å². The molecule has 0 unspecified atom stereocenters. The molecule has 0 radical (unpaired) electrons. The number of hydrogen-bond acceptors (Lipinski definition) is 4. The molecule has 1 heterocycles. The van der Waals surface area contributed by atoms with Gasteiger partial charge in [0.1, 0.15) is 22.5 Å². The highest BCUT2D eigenvalue weighted by Crippen LogP contribution is 2.40. The molecule has 0 saturated heterocycles. The van der Waals surface area contributed by atoms with E-state index in [2.05, 4.69) is 9.97 Å². The lowest BCUT2D eigenvalue weighted by atomic mass is 10.3. The third-order valence-corrected chi connectivity index (χ3v) is 4.19. The number of aromatic nitrogens is 2. The lowest BCUT2D eigenvalue weighted by Gasteiger charge is -2.09. The second-order valence-electron chi connectivity index (χ2n) is 4.73. The molecular weight excluding hydrogens is 261 g/mol. The van der Waals surface area contributed by atoms with E-state index in [-0.39, 0.29) is 5.82 Å². The van der Waals surface area contributed by atoms with Crippen molar-refractivity contribution in [2.24, 2.45) is 0 Å². The Kier molecular flexibility index (Phi) is 3.14. The van der Waals surface area contributed by atoms with Gasteiger partial charge in [-0.2, -0.15) is 0 Å². The number of anilines is 1. The van der Waals surface area contributed by atoms with Crippen LogP contribution in [-0.2, 0) is 0 Å². The molecule has 3 rings (SSSR count). The molecule has 1 aliphatic rings. The number of halogens is 1. The predicted octanol–water partition coefficient (Wildman–Crippen LogP) is 3.53. The third-order valence-electron chi connectivity index (χ3n) is 3.11. The molecule has 0 aliphatic heterocycles. The van der Waals surface area contributed by atoms with Crippen LogP contribution in [0.2, 0.25) is 0 Å². The zero-order chi connectivity index (χ0) is 13.4. The van der Waals surface area contributed by atoms with Gasteiger partial charge in [-0.1, -0.05) is 17.8 Å². The second-order valence-corrected chi connectivity index (χ2v) is 5.79. The molecule has 1 saturated carbocycles. The first-order chi connectivity index (χ1) is 9.13. The minimum Gasteiger partial charge on any atom is -0.383 e. The Hall–Kier alpha value is -1.62. The van der Waals surface area contributed by atoms with Crippen molar-refractivity contribution in [2.75, 3.05) is 5.73 Å². The molecule has 3 nitrogen and oxygen atoms in total. The molecule has 19 heavy (non-hydrogen) atoms. The Balaban J connectivity index is 1.95. The zero-order valence-electron chi connectivity index (χ0n) is 10.6. The fourth-order valence-corrected chi connectivity index (χ4v) is 2.73. The molecule has 1 fully saturated rings. The Morgan fingerprint density at radius 1 is 1.32 bits per heavy atom. The van der Waals surface area contributed by atoms with Gasteiger partial charge < -0.3 is 5.73 Å².